The molecule has 3 aromatic rings. The van der Waals surface area contributed by atoms with Gasteiger partial charge >= 0.3 is 0 Å². The normalized spacial score (nSPS) is 12.8. The Balaban J connectivity index is 1.81. The molecule has 0 spiro atoms. The molecule has 0 bridgehead atoms. The molecule has 2 atom stereocenters. The third kappa shape index (κ3) is 4.97. The molecule has 0 heterocycles. The second-order valence-corrected chi connectivity index (χ2v) is 6.73. The maximum atomic E-state index is 13.1. The first-order valence-electron chi connectivity index (χ1n) is 9.41. The van der Waals surface area contributed by atoms with Crippen LogP contribution in [0.1, 0.15) is 36.1 Å². The Morgan fingerprint density at radius 2 is 1.54 bits per heavy atom. The zero-order valence-corrected chi connectivity index (χ0v) is 16.1. The molecule has 3 rings (SSSR count). The van der Waals surface area contributed by atoms with E-state index >= 15 is 0 Å². The second-order valence-electron chi connectivity index (χ2n) is 6.73. The topological polar surface area (TPSA) is 38.3 Å². The largest absolute Gasteiger partial charge is 0.481 e. The number of halogens is 1. The van der Waals surface area contributed by atoms with Crippen molar-refractivity contribution in [1.82, 2.24) is 5.32 Å². The Labute approximate surface area is 165 Å². The smallest absolute Gasteiger partial charge is 0.261 e. The Bertz CT molecular complexity index is 892. The maximum Gasteiger partial charge on any atom is 0.261 e. The fraction of sp³-hybridized carbons (Fsp3) is 0.208. The van der Waals surface area contributed by atoms with Gasteiger partial charge in [0, 0.05) is 0 Å². The van der Waals surface area contributed by atoms with Crippen molar-refractivity contribution in [3.63, 3.8) is 0 Å². The van der Waals surface area contributed by atoms with Crippen LogP contribution < -0.4 is 10.1 Å². The first-order valence-corrected chi connectivity index (χ1v) is 9.41. The number of carbonyl (C=O) groups is 1. The summed E-state index contributed by atoms with van der Waals surface area (Å²) in [6.07, 6.45) is -0.166. The highest BCUT2D eigenvalue weighted by Crippen LogP contribution is 2.23. The lowest BCUT2D eigenvalue weighted by atomic mass is 9.97. The summed E-state index contributed by atoms with van der Waals surface area (Å²) in [5.41, 5.74) is 3.16. The molecule has 3 nitrogen and oxygen atoms in total. The van der Waals surface area contributed by atoms with Crippen LogP contribution in [0.2, 0.25) is 0 Å². The number of aryl methyl sites for hydroxylation is 1. The highest BCUT2D eigenvalue weighted by atomic mass is 19.1. The van der Waals surface area contributed by atoms with Crippen molar-refractivity contribution in [2.45, 2.75) is 32.4 Å². The van der Waals surface area contributed by atoms with Crippen molar-refractivity contribution in [2.24, 2.45) is 0 Å². The number of hydrogen-bond donors (Lipinski definition) is 1. The van der Waals surface area contributed by atoms with E-state index in [1.54, 1.807) is 0 Å². The summed E-state index contributed by atoms with van der Waals surface area (Å²) in [5.74, 6) is -0.0791. The van der Waals surface area contributed by atoms with Gasteiger partial charge in [-0.2, -0.15) is 0 Å². The van der Waals surface area contributed by atoms with E-state index in [0.717, 1.165) is 16.7 Å². The molecule has 0 aliphatic heterocycles. The molecule has 0 fully saturated rings. The van der Waals surface area contributed by atoms with Gasteiger partial charge in [0.15, 0.2) is 6.10 Å². The van der Waals surface area contributed by atoms with Gasteiger partial charge in [-0.1, -0.05) is 67.1 Å². The third-order valence-corrected chi connectivity index (χ3v) is 4.59. The van der Waals surface area contributed by atoms with E-state index in [1.165, 1.54) is 24.3 Å². The van der Waals surface area contributed by atoms with Crippen LogP contribution in [0, 0.1) is 12.7 Å². The van der Waals surface area contributed by atoms with Gasteiger partial charge in [0.2, 0.25) is 0 Å². The number of benzene rings is 3. The Morgan fingerprint density at radius 3 is 2.14 bits per heavy atom. The first kappa shape index (κ1) is 19.6. The average Bonchev–Trinajstić information content (AvgIpc) is 2.73. The Morgan fingerprint density at radius 1 is 0.929 bits per heavy atom. The van der Waals surface area contributed by atoms with Crippen LogP contribution in [0.15, 0.2) is 78.9 Å². The van der Waals surface area contributed by atoms with Gasteiger partial charge in [0.1, 0.15) is 11.6 Å². The van der Waals surface area contributed by atoms with Crippen LogP contribution in [0.4, 0.5) is 4.39 Å². The van der Waals surface area contributed by atoms with E-state index in [0.29, 0.717) is 12.2 Å². The van der Waals surface area contributed by atoms with E-state index < -0.39 is 6.10 Å². The maximum absolute atomic E-state index is 13.1. The summed E-state index contributed by atoms with van der Waals surface area (Å²) in [4.78, 5) is 13.0. The molecule has 0 aromatic heterocycles. The van der Waals surface area contributed by atoms with Crippen LogP contribution >= 0.6 is 0 Å². The minimum absolute atomic E-state index is 0.207. The zero-order chi connectivity index (χ0) is 19.9. The highest BCUT2D eigenvalue weighted by Gasteiger charge is 2.23. The van der Waals surface area contributed by atoms with E-state index in [2.05, 4.69) is 5.32 Å². The number of nitrogens with one attached hydrogen (secondary N) is 1. The summed E-state index contributed by atoms with van der Waals surface area (Å²) < 4.78 is 18.9. The second kappa shape index (κ2) is 9.18. The lowest BCUT2D eigenvalue weighted by Crippen LogP contribution is -2.40. The summed E-state index contributed by atoms with van der Waals surface area (Å²) in [7, 11) is 0. The summed E-state index contributed by atoms with van der Waals surface area (Å²) in [6.45, 7) is 3.92. The molecular formula is C24H24FNO2. The molecule has 4 heteroatoms. The lowest BCUT2D eigenvalue weighted by Gasteiger charge is -2.24. The molecule has 0 aliphatic rings. The van der Waals surface area contributed by atoms with Crippen molar-refractivity contribution in [3.8, 4) is 5.75 Å². The molecule has 0 saturated heterocycles. The van der Waals surface area contributed by atoms with E-state index in [9.17, 15) is 9.18 Å². The third-order valence-electron chi connectivity index (χ3n) is 4.59. The van der Waals surface area contributed by atoms with Gasteiger partial charge in [-0.25, -0.2) is 4.39 Å². The Hall–Kier alpha value is -3.14. The number of amides is 1. The number of rotatable bonds is 7. The van der Waals surface area contributed by atoms with E-state index in [-0.39, 0.29) is 17.8 Å². The summed E-state index contributed by atoms with van der Waals surface area (Å²) >= 11 is 0. The zero-order valence-electron chi connectivity index (χ0n) is 16.1. The quantitative estimate of drug-likeness (QED) is 0.615. The molecule has 3 aromatic carbocycles. The minimum atomic E-state index is -0.665. The van der Waals surface area contributed by atoms with Gasteiger partial charge in [0.05, 0.1) is 6.04 Å². The van der Waals surface area contributed by atoms with Crippen molar-refractivity contribution in [1.29, 1.82) is 0 Å². The number of hydrogen-bond acceptors (Lipinski definition) is 2. The van der Waals surface area contributed by atoms with Crippen molar-refractivity contribution >= 4 is 5.91 Å². The molecule has 1 amide bonds. The van der Waals surface area contributed by atoms with Crippen LogP contribution in [-0.2, 0) is 4.79 Å². The molecule has 0 unspecified atom stereocenters. The molecule has 28 heavy (non-hydrogen) atoms. The van der Waals surface area contributed by atoms with Crippen LogP contribution in [0.25, 0.3) is 0 Å². The van der Waals surface area contributed by atoms with Gasteiger partial charge in [-0.15, -0.1) is 0 Å². The van der Waals surface area contributed by atoms with Crippen LogP contribution in [0.5, 0.6) is 5.75 Å². The van der Waals surface area contributed by atoms with Gasteiger partial charge in [-0.05, 0) is 48.7 Å². The molecule has 144 valence electrons. The fourth-order valence-electron chi connectivity index (χ4n) is 3.00. The average molecular weight is 377 g/mol. The fourth-order valence-corrected chi connectivity index (χ4v) is 3.00. The molecule has 0 saturated carbocycles. The molecular weight excluding hydrogens is 353 g/mol. The van der Waals surface area contributed by atoms with Crippen molar-refractivity contribution in [3.05, 3.63) is 101 Å². The minimum Gasteiger partial charge on any atom is -0.481 e. The molecule has 0 aliphatic carbocycles. The standard InChI is InChI=1S/C24H24FNO2/c1-3-22(28-21-15-13-20(25)14-16-21)24(27)26-23(18-7-5-4-6-8-18)19-11-9-17(2)10-12-19/h4-16,22-23H,3H2,1-2H3,(H,26,27)/t22-,23+/m0/s1. The van der Waals surface area contributed by atoms with Gasteiger partial charge < -0.3 is 10.1 Å². The predicted octanol–water partition coefficient (Wildman–Crippen LogP) is 5.20. The molecule has 1 N–H and O–H groups in total. The van der Waals surface area contributed by atoms with Crippen LogP contribution in [-0.4, -0.2) is 12.0 Å². The lowest BCUT2D eigenvalue weighted by molar-refractivity contribution is -0.128. The monoisotopic (exact) mass is 377 g/mol. The van der Waals surface area contributed by atoms with E-state index in [1.807, 2.05) is 68.4 Å². The Kier molecular flexibility index (Phi) is 6.43. The first-order chi connectivity index (χ1) is 13.6. The highest BCUT2D eigenvalue weighted by molar-refractivity contribution is 5.82. The van der Waals surface area contributed by atoms with Gasteiger partial charge in [-0.3, -0.25) is 4.79 Å². The number of ether oxygens (including phenoxy) is 1. The van der Waals surface area contributed by atoms with Gasteiger partial charge in [0.25, 0.3) is 5.91 Å². The van der Waals surface area contributed by atoms with Crippen molar-refractivity contribution < 1.29 is 13.9 Å². The number of carbonyl (C=O) groups excluding carboxylic acids is 1. The predicted molar refractivity (Wildman–Crippen MR) is 109 cm³/mol. The van der Waals surface area contributed by atoms with Crippen LogP contribution in [0.3, 0.4) is 0 Å². The molecule has 0 radical (unpaired) electrons. The summed E-state index contributed by atoms with van der Waals surface area (Å²) in [5, 5.41) is 3.11. The summed E-state index contributed by atoms with van der Waals surface area (Å²) in [6, 6.07) is 23.4. The van der Waals surface area contributed by atoms with Crippen molar-refractivity contribution in [2.75, 3.05) is 0 Å². The SMILES string of the molecule is CC[C@H](Oc1ccc(F)cc1)C(=O)N[C@H](c1ccccc1)c1ccc(C)cc1. The van der Waals surface area contributed by atoms with E-state index in [4.69, 9.17) is 4.74 Å².